The average molecular weight is 398 g/mol. The van der Waals surface area contributed by atoms with Gasteiger partial charge in [-0.3, -0.25) is 14.4 Å². The van der Waals surface area contributed by atoms with Crippen LogP contribution in [0.25, 0.3) is 0 Å². The summed E-state index contributed by atoms with van der Waals surface area (Å²) in [6, 6.07) is 10.1. The third-order valence-electron chi connectivity index (χ3n) is 6.43. The molecular weight excluding hydrogens is 366 g/mol. The molecule has 156 valence electrons. The molecule has 29 heavy (non-hydrogen) atoms. The van der Waals surface area contributed by atoms with Crippen LogP contribution in [0.5, 0.6) is 0 Å². The minimum Gasteiger partial charge on any atom is -0.352 e. The molecule has 6 nitrogen and oxygen atoms in total. The molecule has 1 aromatic rings. The molecule has 0 spiro atoms. The van der Waals surface area contributed by atoms with Gasteiger partial charge in [-0.2, -0.15) is 0 Å². The van der Waals surface area contributed by atoms with Gasteiger partial charge in [0, 0.05) is 38.0 Å². The van der Waals surface area contributed by atoms with Crippen LogP contribution in [0.3, 0.4) is 0 Å². The number of hydrogen-bond donors (Lipinski definition) is 1. The fraction of sp³-hybridized carbons (Fsp3) is 0.609. The van der Waals surface area contributed by atoms with E-state index in [1.165, 1.54) is 5.56 Å². The molecule has 3 amide bonds. The van der Waals surface area contributed by atoms with Gasteiger partial charge in [-0.05, 0) is 50.5 Å². The van der Waals surface area contributed by atoms with E-state index in [9.17, 15) is 14.4 Å². The molecule has 4 rings (SSSR count). The van der Waals surface area contributed by atoms with Gasteiger partial charge >= 0.3 is 0 Å². The summed E-state index contributed by atoms with van der Waals surface area (Å²) in [5.74, 6) is 0.229. The molecule has 1 atom stereocenters. The Morgan fingerprint density at radius 3 is 2.34 bits per heavy atom. The normalized spacial score (nSPS) is 22.6. The van der Waals surface area contributed by atoms with Gasteiger partial charge < -0.3 is 15.1 Å². The lowest BCUT2D eigenvalue weighted by atomic mass is 9.94. The summed E-state index contributed by atoms with van der Waals surface area (Å²) in [6.07, 6.45) is 6.44. The number of nitrogens with zero attached hydrogens (tertiary/aromatic N) is 2. The number of likely N-dealkylation sites (tertiary alicyclic amines) is 2. The van der Waals surface area contributed by atoms with Crippen molar-refractivity contribution in [2.45, 2.75) is 63.5 Å². The largest absolute Gasteiger partial charge is 0.352 e. The number of piperidine rings is 1. The lowest BCUT2D eigenvalue weighted by molar-refractivity contribution is -0.144. The maximum atomic E-state index is 13.0. The Kier molecular flexibility index (Phi) is 6.16. The van der Waals surface area contributed by atoms with Crippen molar-refractivity contribution in [1.82, 2.24) is 15.1 Å². The number of amides is 3. The molecular formula is C23H31N3O3. The van der Waals surface area contributed by atoms with Crippen LogP contribution >= 0.6 is 0 Å². The second-order valence-electron chi connectivity index (χ2n) is 8.61. The monoisotopic (exact) mass is 397 g/mol. The maximum absolute atomic E-state index is 13.0. The highest BCUT2D eigenvalue weighted by Gasteiger charge is 2.39. The predicted octanol–water partition coefficient (Wildman–Crippen LogP) is 2.13. The highest BCUT2D eigenvalue weighted by Crippen LogP contribution is 2.27. The number of benzene rings is 1. The molecule has 1 unspecified atom stereocenters. The van der Waals surface area contributed by atoms with Gasteiger partial charge in [0.2, 0.25) is 17.7 Å². The third-order valence-corrected chi connectivity index (χ3v) is 6.43. The van der Waals surface area contributed by atoms with Crippen LogP contribution in [0.4, 0.5) is 0 Å². The highest BCUT2D eigenvalue weighted by molar-refractivity contribution is 5.89. The van der Waals surface area contributed by atoms with Gasteiger partial charge in [0.05, 0.1) is 0 Å². The summed E-state index contributed by atoms with van der Waals surface area (Å²) in [7, 11) is 0. The van der Waals surface area contributed by atoms with Gasteiger partial charge in [0.25, 0.3) is 0 Å². The van der Waals surface area contributed by atoms with Crippen LogP contribution in [0.15, 0.2) is 30.3 Å². The highest BCUT2D eigenvalue weighted by atomic mass is 16.2. The predicted molar refractivity (Wildman–Crippen MR) is 110 cm³/mol. The van der Waals surface area contributed by atoms with E-state index in [-0.39, 0.29) is 29.7 Å². The molecule has 0 aromatic heterocycles. The van der Waals surface area contributed by atoms with E-state index in [0.29, 0.717) is 44.9 Å². The smallest absolute Gasteiger partial charge is 0.243 e. The SMILES string of the molecule is O=C(NC1CC1)C1CCCN1C(=O)C1CCN(C(=O)CCc2ccccc2)CC1. The van der Waals surface area contributed by atoms with Crippen LogP contribution in [0.2, 0.25) is 0 Å². The summed E-state index contributed by atoms with van der Waals surface area (Å²) < 4.78 is 0. The second kappa shape index (κ2) is 8.97. The van der Waals surface area contributed by atoms with Crippen LogP contribution in [0.1, 0.15) is 50.5 Å². The van der Waals surface area contributed by atoms with Crippen LogP contribution in [-0.4, -0.2) is 59.2 Å². The lowest BCUT2D eigenvalue weighted by Gasteiger charge is -2.34. The molecule has 1 aliphatic carbocycles. The number of carbonyl (C=O) groups excluding carboxylic acids is 3. The number of carbonyl (C=O) groups is 3. The first-order valence-electron chi connectivity index (χ1n) is 11.0. The molecule has 3 fully saturated rings. The Bertz CT molecular complexity index is 739. The van der Waals surface area contributed by atoms with Crippen molar-refractivity contribution in [3.05, 3.63) is 35.9 Å². The summed E-state index contributed by atoms with van der Waals surface area (Å²) in [5, 5.41) is 3.05. The van der Waals surface area contributed by atoms with Crippen LogP contribution in [-0.2, 0) is 20.8 Å². The van der Waals surface area contributed by atoms with E-state index < -0.39 is 0 Å². The van der Waals surface area contributed by atoms with Crippen LogP contribution < -0.4 is 5.32 Å². The summed E-state index contributed by atoms with van der Waals surface area (Å²) >= 11 is 0. The Labute approximate surface area is 172 Å². The van der Waals surface area contributed by atoms with E-state index in [0.717, 1.165) is 32.1 Å². The number of aryl methyl sites for hydroxylation is 1. The standard InChI is InChI=1S/C23H31N3O3/c27-21(11-8-17-5-2-1-3-6-17)25-15-12-18(13-16-25)23(29)26-14-4-7-20(26)22(28)24-19-9-10-19/h1-3,5-6,18-20H,4,7-16H2,(H,24,28). The molecule has 3 aliphatic rings. The molecule has 2 saturated heterocycles. The van der Waals surface area contributed by atoms with Crippen LogP contribution in [0, 0.1) is 5.92 Å². The van der Waals surface area contributed by atoms with E-state index in [2.05, 4.69) is 5.32 Å². The Morgan fingerprint density at radius 2 is 1.66 bits per heavy atom. The summed E-state index contributed by atoms with van der Waals surface area (Å²) in [6.45, 7) is 1.95. The molecule has 6 heteroatoms. The Hall–Kier alpha value is -2.37. The van der Waals surface area contributed by atoms with Gasteiger partial charge in [-0.1, -0.05) is 30.3 Å². The van der Waals surface area contributed by atoms with Gasteiger partial charge in [0.15, 0.2) is 0 Å². The Balaban J connectivity index is 1.24. The van der Waals surface area contributed by atoms with Gasteiger partial charge in [0.1, 0.15) is 6.04 Å². The molecule has 2 heterocycles. The molecule has 2 aliphatic heterocycles. The van der Waals surface area contributed by atoms with Gasteiger partial charge in [-0.25, -0.2) is 0 Å². The summed E-state index contributed by atoms with van der Waals surface area (Å²) in [4.78, 5) is 41.7. The summed E-state index contributed by atoms with van der Waals surface area (Å²) in [5.41, 5.74) is 1.18. The minimum absolute atomic E-state index is 0.0203. The van der Waals surface area contributed by atoms with E-state index in [1.54, 1.807) is 4.90 Å². The van der Waals surface area contributed by atoms with E-state index in [4.69, 9.17) is 0 Å². The van der Waals surface area contributed by atoms with Crippen molar-refractivity contribution in [2.75, 3.05) is 19.6 Å². The quantitative estimate of drug-likeness (QED) is 0.799. The van der Waals surface area contributed by atoms with Crippen molar-refractivity contribution >= 4 is 17.7 Å². The number of rotatable bonds is 6. The minimum atomic E-state index is -0.298. The van der Waals surface area contributed by atoms with Crippen molar-refractivity contribution in [3.63, 3.8) is 0 Å². The maximum Gasteiger partial charge on any atom is 0.243 e. The zero-order valence-corrected chi connectivity index (χ0v) is 17.0. The van der Waals surface area contributed by atoms with Crippen molar-refractivity contribution in [2.24, 2.45) is 5.92 Å². The zero-order chi connectivity index (χ0) is 20.2. The van der Waals surface area contributed by atoms with Crippen molar-refractivity contribution in [1.29, 1.82) is 0 Å². The van der Waals surface area contributed by atoms with Crippen molar-refractivity contribution < 1.29 is 14.4 Å². The molecule has 1 aromatic carbocycles. The first-order chi connectivity index (χ1) is 14.1. The molecule has 1 N–H and O–H groups in total. The molecule has 1 saturated carbocycles. The first-order valence-corrected chi connectivity index (χ1v) is 11.0. The zero-order valence-electron chi connectivity index (χ0n) is 17.0. The third kappa shape index (κ3) is 4.98. The van der Waals surface area contributed by atoms with Gasteiger partial charge in [-0.15, -0.1) is 0 Å². The number of nitrogens with one attached hydrogen (secondary N) is 1. The van der Waals surface area contributed by atoms with E-state index in [1.807, 2.05) is 35.2 Å². The Morgan fingerprint density at radius 1 is 0.931 bits per heavy atom. The van der Waals surface area contributed by atoms with Crippen molar-refractivity contribution in [3.8, 4) is 0 Å². The second-order valence-corrected chi connectivity index (χ2v) is 8.61. The molecule has 0 bridgehead atoms. The fourth-order valence-electron chi connectivity index (χ4n) is 4.49. The fourth-order valence-corrected chi connectivity index (χ4v) is 4.49. The topological polar surface area (TPSA) is 69.7 Å². The lowest BCUT2D eigenvalue weighted by Crippen LogP contribution is -2.50. The molecule has 0 radical (unpaired) electrons. The number of hydrogen-bond acceptors (Lipinski definition) is 3. The average Bonchev–Trinajstić information content (AvgIpc) is 3.43. The van der Waals surface area contributed by atoms with E-state index >= 15 is 0 Å². The first kappa shape index (κ1) is 19.9.